The Morgan fingerprint density at radius 2 is 1.86 bits per heavy atom. The van der Waals surface area contributed by atoms with Crippen molar-refractivity contribution in [3.05, 3.63) is 42.1 Å². The lowest BCUT2D eigenvalue weighted by Crippen LogP contribution is -2.03. The molecule has 1 fully saturated rings. The van der Waals surface area contributed by atoms with Crippen LogP contribution in [0.1, 0.15) is 43.6 Å². The van der Waals surface area contributed by atoms with Gasteiger partial charge in [-0.05, 0) is 42.5 Å². The molecule has 4 heteroatoms. The highest BCUT2D eigenvalue weighted by Crippen LogP contribution is 2.37. The molecule has 2 aromatic heterocycles. The van der Waals surface area contributed by atoms with Gasteiger partial charge in [0.15, 0.2) is 5.65 Å². The minimum Gasteiger partial charge on any atom is -0.507 e. The van der Waals surface area contributed by atoms with Gasteiger partial charge >= 0.3 is 0 Å². The molecule has 0 saturated heterocycles. The van der Waals surface area contributed by atoms with Gasteiger partial charge in [0.2, 0.25) is 0 Å². The van der Waals surface area contributed by atoms with Crippen LogP contribution in [-0.2, 0) is 0 Å². The third-order valence-electron chi connectivity index (χ3n) is 4.69. The summed E-state index contributed by atoms with van der Waals surface area (Å²) in [6.07, 6.45) is 8.55. The Morgan fingerprint density at radius 3 is 2.68 bits per heavy atom. The molecule has 3 aromatic rings. The lowest BCUT2D eigenvalue weighted by molar-refractivity contribution is 0.445. The first-order chi connectivity index (χ1) is 10.8. The number of aromatic hydroxyl groups is 1. The highest BCUT2D eigenvalue weighted by Gasteiger charge is 2.20. The predicted molar refractivity (Wildman–Crippen MR) is 86.8 cm³/mol. The maximum atomic E-state index is 10.0. The molecule has 0 atom stereocenters. The zero-order valence-electron chi connectivity index (χ0n) is 12.4. The van der Waals surface area contributed by atoms with E-state index in [1.807, 2.05) is 18.2 Å². The van der Waals surface area contributed by atoms with Crippen LogP contribution in [0.5, 0.6) is 5.75 Å². The molecule has 0 radical (unpaired) electrons. The van der Waals surface area contributed by atoms with Gasteiger partial charge in [-0.3, -0.25) is 0 Å². The van der Waals surface area contributed by atoms with Gasteiger partial charge in [0.05, 0.1) is 5.69 Å². The normalized spacial score (nSPS) is 16.2. The van der Waals surface area contributed by atoms with Gasteiger partial charge in [0, 0.05) is 17.1 Å². The summed E-state index contributed by atoms with van der Waals surface area (Å²) >= 11 is 0. The Labute approximate surface area is 129 Å². The monoisotopic (exact) mass is 293 g/mol. The van der Waals surface area contributed by atoms with E-state index in [0.717, 1.165) is 22.3 Å². The fourth-order valence-corrected chi connectivity index (χ4v) is 3.52. The SMILES string of the molecule is Oc1ccccc1-c1cc2c(C3CCCCC3)c[nH]c2nn1. The Bertz CT molecular complexity index is 803. The first-order valence-electron chi connectivity index (χ1n) is 7.96. The van der Waals surface area contributed by atoms with Gasteiger partial charge in [0.1, 0.15) is 5.75 Å². The maximum Gasteiger partial charge on any atom is 0.160 e. The van der Waals surface area contributed by atoms with Crippen molar-refractivity contribution in [2.75, 3.05) is 0 Å². The number of aromatic nitrogens is 3. The molecule has 22 heavy (non-hydrogen) atoms. The van der Waals surface area contributed by atoms with E-state index in [1.54, 1.807) is 6.07 Å². The van der Waals surface area contributed by atoms with Crippen molar-refractivity contribution in [2.24, 2.45) is 0 Å². The van der Waals surface area contributed by atoms with Crippen LogP contribution in [0.15, 0.2) is 36.5 Å². The first-order valence-corrected chi connectivity index (χ1v) is 7.96. The van der Waals surface area contributed by atoms with Crippen LogP contribution >= 0.6 is 0 Å². The summed E-state index contributed by atoms with van der Waals surface area (Å²) < 4.78 is 0. The lowest BCUT2D eigenvalue weighted by atomic mass is 9.84. The van der Waals surface area contributed by atoms with Crippen LogP contribution in [0.25, 0.3) is 22.3 Å². The van der Waals surface area contributed by atoms with Gasteiger partial charge in [-0.2, -0.15) is 0 Å². The molecule has 0 spiro atoms. The molecule has 2 heterocycles. The molecule has 0 aliphatic heterocycles. The summed E-state index contributed by atoms with van der Waals surface area (Å²) in [7, 11) is 0. The second kappa shape index (κ2) is 5.44. The number of H-pyrrole nitrogens is 1. The molecule has 4 nitrogen and oxygen atoms in total. The Morgan fingerprint density at radius 1 is 1.05 bits per heavy atom. The predicted octanol–water partition coefficient (Wildman–Crippen LogP) is 4.38. The molecule has 1 saturated carbocycles. The second-order valence-electron chi connectivity index (χ2n) is 6.09. The molecule has 1 aromatic carbocycles. The molecule has 112 valence electrons. The number of phenolic OH excluding ortho intramolecular Hbond substituents is 1. The topological polar surface area (TPSA) is 61.8 Å². The molecule has 2 N–H and O–H groups in total. The van der Waals surface area contributed by atoms with Crippen molar-refractivity contribution in [3.63, 3.8) is 0 Å². The van der Waals surface area contributed by atoms with Gasteiger partial charge in [-0.1, -0.05) is 31.4 Å². The van der Waals surface area contributed by atoms with Gasteiger partial charge in [0.25, 0.3) is 0 Å². The molecular weight excluding hydrogens is 274 g/mol. The van der Waals surface area contributed by atoms with Crippen LogP contribution < -0.4 is 0 Å². The zero-order valence-corrected chi connectivity index (χ0v) is 12.4. The van der Waals surface area contributed by atoms with E-state index in [2.05, 4.69) is 27.4 Å². The van der Waals surface area contributed by atoms with Crippen molar-refractivity contribution in [3.8, 4) is 17.0 Å². The number of phenols is 1. The molecule has 4 rings (SSSR count). The van der Waals surface area contributed by atoms with E-state index in [9.17, 15) is 5.11 Å². The summed E-state index contributed by atoms with van der Waals surface area (Å²) in [5, 5.41) is 19.7. The van der Waals surface area contributed by atoms with Crippen LogP contribution in [0.2, 0.25) is 0 Å². The van der Waals surface area contributed by atoms with E-state index < -0.39 is 0 Å². The Balaban J connectivity index is 1.81. The number of hydrogen-bond acceptors (Lipinski definition) is 3. The maximum absolute atomic E-state index is 10.0. The number of nitrogens with zero attached hydrogens (tertiary/aromatic N) is 2. The number of aromatic amines is 1. The minimum absolute atomic E-state index is 0.242. The van der Waals surface area contributed by atoms with E-state index in [4.69, 9.17) is 0 Å². The quantitative estimate of drug-likeness (QED) is 0.737. The van der Waals surface area contributed by atoms with E-state index in [-0.39, 0.29) is 5.75 Å². The van der Waals surface area contributed by atoms with Crippen LogP contribution in [-0.4, -0.2) is 20.3 Å². The summed E-state index contributed by atoms with van der Waals surface area (Å²) in [5.41, 5.74) is 3.64. The molecule has 1 aliphatic rings. The van der Waals surface area contributed by atoms with Crippen molar-refractivity contribution < 1.29 is 5.11 Å². The number of benzene rings is 1. The average Bonchev–Trinajstić information content (AvgIpc) is 2.99. The number of para-hydroxylation sites is 1. The van der Waals surface area contributed by atoms with Gasteiger partial charge in [-0.15, -0.1) is 10.2 Å². The van der Waals surface area contributed by atoms with E-state index >= 15 is 0 Å². The zero-order chi connectivity index (χ0) is 14.9. The summed E-state index contributed by atoms with van der Waals surface area (Å²) in [6, 6.07) is 9.32. The minimum atomic E-state index is 0.242. The highest BCUT2D eigenvalue weighted by molar-refractivity contribution is 5.84. The van der Waals surface area contributed by atoms with Crippen molar-refractivity contribution in [1.82, 2.24) is 15.2 Å². The highest BCUT2D eigenvalue weighted by atomic mass is 16.3. The van der Waals surface area contributed by atoms with E-state index in [1.165, 1.54) is 37.7 Å². The number of rotatable bonds is 2. The van der Waals surface area contributed by atoms with Crippen molar-refractivity contribution >= 4 is 11.0 Å². The van der Waals surface area contributed by atoms with Crippen LogP contribution in [0.4, 0.5) is 0 Å². The molecular formula is C18H19N3O. The van der Waals surface area contributed by atoms with Crippen LogP contribution in [0, 0.1) is 0 Å². The molecule has 0 bridgehead atoms. The van der Waals surface area contributed by atoms with Crippen molar-refractivity contribution in [1.29, 1.82) is 0 Å². The summed E-state index contributed by atoms with van der Waals surface area (Å²) in [6.45, 7) is 0. The lowest BCUT2D eigenvalue weighted by Gasteiger charge is -2.21. The third-order valence-corrected chi connectivity index (χ3v) is 4.69. The number of fused-ring (bicyclic) bond motifs is 1. The second-order valence-corrected chi connectivity index (χ2v) is 6.09. The fraction of sp³-hybridized carbons (Fsp3) is 0.333. The van der Waals surface area contributed by atoms with Gasteiger partial charge < -0.3 is 10.1 Å². The van der Waals surface area contributed by atoms with Crippen LogP contribution in [0.3, 0.4) is 0 Å². The van der Waals surface area contributed by atoms with Crippen molar-refractivity contribution in [2.45, 2.75) is 38.0 Å². The largest absolute Gasteiger partial charge is 0.507 e. The standard InChI is InChI=1S/C18H19N3O/c22-17-9-5-4-8-13(17)16-10-14-15(11-19-18(14)21-20-16)12-6-2-1-3-7-12/h4-5,8-12,22H,1-3,6-7H2,(H,19,21). The van der Waals surface area contributed by atoms with Gasteiger partial charge in [-0.25, -0.2) is 0 Å². The molecule has 0 amide bonds. The summed E-state index contributed by atoms with van der Waals surface area (Å²) in [4.78, 5) is 3.24. The number of hydrogen-bond donors (Lipinski definition) is 2. The number of nitrogens with one attached hydrogen (secondary N) is 1. The Kier molecular flexibility index (Phi) is 3.29. The molecule has 1 aliphatic carbocycles. The molecule has 0 unspecified atom stereocenters. The Hall–Kier alpha value is -2.36. The fourth-order valence-electron chi connectivity index (χ4n) is 3.52. The average molecular weight is 293 g/mol. The third kappa shape index (κ3) is 2.25. The smallest absolute Gasteiger partial charge is 0.160 e. The summed E-state index contributed by atoms with van der Waals surface area (Å²) in [5.74, 6) is 0.856. The van der Waals surface area contributed by atoms with E-state index in [0.29, 0.717) is 5.92 Å². The first kappa shape index (κ1) is 13.3.